The summed E-state index contributed by atoms with van der Waals surface area (Å²) in [6.07, 6.45) is -1.38. The van der Waals surface area contributed by atoms with Crippen LogP contribution < -0.4 is 0 Å². The van der Waals surface area contributed by atoms with Crippen LogP contribution in [-0.4, -0.2) is 29.1 Å². The van der Waals surface area contributed by atoms with Gasteiger partial charge in [-0.05, 0) is 34.0 Å². The molecular weight excluding hydrogens is 384 g/mol. The molecule has 0 amide bonds. The molecule has 0 saturated carbocycles. The maximum absolute atomic E-state index is 12.5. The molecular formula is C20H21BrO4. The summed E-state index contributed by atoms with van der Waals surface area (Å²) in [4.78, 5) is 12.5. The Morgan fingerprint density at radius 3 is 2.00 bits per heavy atom. The minimum Gasteiger partial charge on any atom is -0.368 e. The number of benzene rings is 2. The average molecular weight is 405 g/mol. The summed E-state index contributed by atoms with van der Waals surface area (Å²) >= 11 is 3.28. The van der Waals surface area contributed by atoms with E-state index in [2.05, 4.69) is 15.9 Å². The van der Waals surface area contributed by atoms with Gasteiger partial charge in [0.15, 0.2) is 5.01 Å². The predicted molar refractivity (Wildman–Crippen MR) is 98.3 cm³/mol. The topological polar surface area (TPSA) is 44.8 Å². The van der Waals surface area contributed by atoms with Crippen LogP contribution in [0.4, 0.5) is 0 Å². The summed E-state index contributed by atoms with van der Waals surface area (Å²) in [5, 5.41) is -0.667. The fourth-order valence-electron chi connectivity index (χ4n) is 2.80. The predicted octanol–water partition coefficient (Wildman–Crippen LogP) is 3.87. The van der Waals surface area contributed by atoms with Crippen molar-refractivity contribution in [2.75, 3.05) is 0 Å². The molecule has 3 rings (SSSR count). The molecule has 0 N–H and O–H groups in total. The molecule has 1 fully saturated rings. The van der Waals surface area contributed by atoms with Crippen LogP contribution in [0.3, 0.4) is 0 Å². The molecule has 4 nitrogen and oxygen atoms in total. The van der Waals surface area contributed by atoms with Gasteiger partial charge in [-0.1, -0.05) is 60.7 Å². The van der Waals surface area contributed by atoms with Crippen molar-refractivity contribution in [1.82, 2.24) is 0 Å². The lowest BCUT2D eigenvalue weighted by Crippen LogP contribution is -2.54. The van der Waals surface area contributed by atoms with E-state index >= 15 is 0 Å². The third kappa shape index (κ3) is 4.76. The van der Waals surface area contributed by atoms with Gasteiger partial charge in [-0.2, -0.15) is 0 Å². The van der Waals surface area contributed by atoms with E-state index in [1.54, 1.807) is 0 Å². The smallest absolute Gasteiger partial charge is 0.203 e. The lowest BCUT2D eigenvalue weighted by Gasteiger charge is -2.37. The van der Waals surface area contributed by atoms with Gasteiger partial charge < -0.3 is 14.2 Å². The third-order valence-electron chi connectivity index (χ3n) is 4.16. The maximum atomic E-state index is 12.5. The third-order valence-corrected chi connectivity index (χ3v) is 4.82. The van der Waals surface area contributed by atoms with Gasteiger partial charge in [0.1, 0.15) is 12.2 Å². The van der Waals surface area contributed by atoms with Crippen molar-refractivity contribution in [2.45, 2.75) is 43.5 Å². The molecule has 1 aliphatic heterocycles. The standard InChI is InChI=1S/C20H21BrO4/c1-14-18(23-12-15-8-4-2-5-9-15)19(17(22)20(21)25-14)24-13-16-10-6-3-7-11-16/h2-11,14,18-20H,12-13H2,1H3/t14-,18-,19-,20+/m0/s1. The van der Waals surface area contributed by atoms with Crippen LogP contribution in [0.15, 0.2) is 60.7 Å². The van der Waals surface area contributed by atoms with E-state index in [0.29, 0.717) is 13.2 Å². The Hall–Kier alpha value is -1.53. The number of Topliss-reactive ketones (excluding diaryl/α,β-unsaturated/α-hetero) is 1. The fourth-order valence-corrected chi connectivity index (χ4v) is 3.40. The van der Waals surface area contributed by atoms with E-state index in [1.165, 1.54) is 0 Å². The molecule has 0 aromatic heterocycles. The van der Waals surface area contributed by atoms with Gasteiger partial charge in [0.2, 0.25) is 5.78 Å². The van der Waals surface area contributed by atoms with E-state index in [9.17, 15) is 4.79 Å². The first-order valence-electron chi connectivity index (χ1n) is 8.29. The second kappa shape index (κ2) is 8.72. The Morgan fingerprint density at radius 1 is 0.920 bits per heavy atom. The van der Waals surface area contributed by atoms with Gasteiger partial charge in [-0.15, -0.1) is 0 Å². The van der Waals surface area contributed by atoms with Gasteiger partial charge in [0, 0.05) is 0 Å². The molecule has 5 heteroatoms. The molecule has 1 aliphatic rings. The van der Waals surface area contributed by atoms with Gasteiger partial charge >= 0.3 is 0 Å². The normalized spacial score (nSPS) is 26.6. The molecule has 0 unspecified atom stereocenters. The van der Waals surface area contributed by atoms with Crippen LogP contribution in [0, 0.1) is 0 Å². The highest BCUT2D eigenvalue weighted by Crippen LogP contribution is 2.27. The zero-order valence-corrected chi connectivity index (χ0v) is 15.6. The van der Waals surface area contributed by atoms with Crippen LogP contribution in [0.1, 0.15) is 18.1 Å². The quantitative estimate of drug-likeness (QED) is 0.685. The van der Waals surface area contributed by atoms with Gasteiger partial charge in [-0.3, -0.25) is 4.79 Å². The average Bonchev–Trinajstić information content (AvgIpc) is 2.64. The molecule has 0 radical (unpaired) electrons. The lowest BCUT2D eigenvalue weighted by atomic mass is 10.0. The second-order valence-corrected chi connectivity index (χ2v) is 6.87. The zero-order valence-electron chi connectivity index (χ0n) is 14.0. The fraction of sp³-hybridized carbons (Fsp3) is 0.350. The summed E-state index contributed by atoms with van der Waals surface area (Å²) < 4.78 is 17.6. The number of carbonyl (C=O) groups is 1. The zero-order chi connectivity index (χ0) is 17.6. The molecule has 0 aliphatic carbocycles. The summed E-state index contributed by atoms with van der Waals surface area (Å²) in [5.74, 6) is -0.146. The molecule has 1 saturated heterocycles. The van der Waals surface area contributed by atoms with Crippen LogP contribution in [-0.2, 0) is 32.2 Å². The Bertz CT molecular complexity index is 677. The first kappa shape index (κ1) is 18.3. The Morgan fingerprint density at radius 2 is 1.44 bits per heavy atom. The Labute approximate surface area is 156 Å². The minimum absolute atomic E-state index is 0.146. The van der Waals surface area contributed by atoms with E-state index < -0.39 is 17.2 Å². The van der Waals surface area contributed by atoms with Crippen molar-refractivity contribution in [3.63, 3.8) is 0 Å². The molecule has 2 aromatic carbocycles. The van der Waals surface area contributed by atoms with Crippen LogP contribution in [0.5, 0.6) is 0 Å². The molecule has 0 bridgehead atoms. The molecule has 1 heterocycles. The number of halogens is 1. The number of ketones is 1. The minimum atomic E-state index is -0.669. The second-order valence-electron chi connectivity index (χ2n) is 6.04. The van der Waals surface area contributed by atoms with E-state index in [0.717, 1.165) is 11.1 Å². The summed E-state index contributed by atoms with van der Waals surface area (Å²) in [5.41, 5.74) is 2.06. The molecule has 0 spiro atoms. The molecule has 132 valence electrons. The van der Waals surface area contributed by atoms with Crippen molar-refractivity contribution >= 4 is 21.7 Å². The van der Waals surface area contributed by atoms with Gasteiger partial charge in [0.05, 0.1) is 19.3 Å². The van der Waals surface area contributed by atoms with Crippen LogP contribution in [0.2, 0.25) is 0 Å². The maximum Gasteiger partial charge on any atom is 0.203 e. The van der Waals surface area contributed by atoms with Crippen molar-refractivity contribution in [3.8, 4) is 0 Å². The largest absolute Gasteiger partial charge is 0.368 e. The molecule has 2 aromatic rings. The molecule has 25 heavy (non-hydrogen) atoms. The number of hydrogen-bond donors (Lipinski definition) is 0. The first-order valence-corrected chi connectivity index (χ1v) is 9.21. The van der Waals surface area contributed by atoms with Crippen molar-refractivity contribution in [2.24, 2.45) is 0 Å². The summed E-state index contributed by atoms with van der Waals surface area (Å²) in [7, 11) is 0. The number of rotatable bonds is 6. The van der Waals surface area contributed by atoms with Gasteiger partial charge in [0.25, 0.3) is 0 Å². The highest BCUT2D eigenvalue weighted by molar-refractivity contribution is 9.09. The Kier molecular flexibility index (Phi) is 6.37. The first-order chi connectivity index (χ1) is 12.1. The highest BCUT2D eigenvalue weighted by atomic mass is 79.9. The SMILES string of the molecule is C[C@@H]1O[C@@H](Br)C(=O)[C@H](OCc2ccccc2)[C@H]1OCc1ccccc1. The van der Waals surface area contributed by atoms with E-state index in [-0.39, 0.29) is 11.9 Å². The highest BCUT2D eigenvalue weighted by Gasteiger charge is 2.43. The Balaban J connectivity index is 1.68. The molecule has 4 atom stereocenters. The monoisotopic (exact) mass is 404 g/mol. The number of alkyl halides is 1. The number of ether oxygens (including phenoxy) is 3. The van der Waals surface area contributed by atoms with Crippen molar-refractivity contribution in [3.05, 3.63) is 71.8 Å². The lowest BCUT2D eigenvalue weighted by molar-refractivity contribution is -0.190. The number of hydrogen-bond acceptors (Lipinski definition) is 4. The van der Waals surface area contributed by atoms with Crippen molar-refractivity contribution < 1.29 is 19.0 Å². The van der Waals surface area contributed by atoms with Crippen LogP contribution in [0.25, 0.3) is 0 Å². The number of carbonyl (C=O) groups excluding carboxylic acids is 1. The van der Waals surface area contributed by atoms with E-state index in [4.69, 9.17) is 14.2 Å². The summed E-state index contributed by atoms with van der Waals surface area (Å²) in [6, 6.07) is 19.6. The van der Waals surface area contributed by atoms with Crippen molar-refractivity contribution in [1.29, 1.82) is 0 Å². The summed E-state index contributed by atoms with van der Waals surface area (Å²) in [6.45, 7) is 2.66. The van der Waals surface area contributed by atoms with Gasteiger partial charge in [-0.25, -0.2) is 0 Å². The van der Waals surface area contributed by atoms with Crippen LogP contribution >= 0.6 is 15.9 Å². The van der Waals surface area contributed by atoms with E-state index in [1.807, 2.05) is 67.6 Å².